The number of aromatic nitrogens is 3. The summed E-state index contributed by atoms with van der Waals surface area (Å²) in [6.45, 7) is 4.78. The van der Waals surface area contributed by atoms with Crippen molar-refractivity contribution in [2.45, 2.75) is 20.4 Å². The first-order valence-corrected chi connectivity index (χ1v) is 11.3. The number of hydrogen-bond donors (Lipinski definition) is 1. The molecule has 0 saturated heterocycles. The molecule has 0 atom stereocenters. The van der Waals surface area contributed by atoms with Gasteiger partial charge < -0.3 is 10.1 Å². The van der Waals surface area contributed by atoms with E-state index in [1.165, 1.54) is 0 Å². The fraction of sp³-hybridized carbons (Fsp3) is 0.143. The first kappa shape index (κ1) is 23.5. The fourth-order valence-electron chi connectivity index (χ4n) is 3.63. The zero-order valence-electron chi connectivity index (χ0n) is 19.6. The van der Waals surface area contributed by atoms with Gasteiger partial charge >= 0.3 is 0 Å². The van der Waals surface area contributed by atoms with E-state index in [9.17, 15) is 10.1 Å². The number of rotatable bonds is 8. The van der Waals surface area contributed by atoms with Crippen LogP contribution in [0.3, 0.4) is 0 Å². The van der Waals surface area contributed by atoms with Gasteiger partial charge in [-0.25, -0.2) is 4.68 Å². The number of para-hydroxylation sites is 1. The van der Waals surface area contributed by atoms with E-state index in [1.807, 2.05) is 80.7 Å². The number of nitrogens with zero attached hydrogens (tertiary/aromatic N) is 4. The molecule has 0 bridgehead atoms. The van der Waals surface area contributed by atoms with Gasteiger partial charge in [0.15, 0.2) is 0 Å². The molecule has 35 heavy (non-hydrogen) atoms. The van der Waals surface area contributed by atoms with Gasteiger partial charge in [-0.15, -0.1) is 0 Å². The van der Waals surface area contributed by atoms with Gasteiger partial charge in [-0.1, -0.05) is 24.3 Å². The Kier molecular flexibility index (Phi) is 7.34. The summed E-state index contributed by atoms with van der Waals surface area (Å²) in [5.41, 5.74) is 4.86. The van der Waals surface area contributed by atoms with Crippen LogP contribution < -0.4 is 10.1 Å². The third-order valence-electron chi connectivity index (χ3n) is 5.35. The van der Waals surface area contributed by atoms with Crippen LogP contribution in [0.5, 0.6) is 5.75 Å². The summed E-state index contributed by atoms with van der Waals surface area (Å²) >= 11 is 0. The van der Waals surface area contributed by atoms with Crippen LogP contribution in [0.2, 0.25) is 0 Å². The molecule has 2 aromatic heterocycles. The molecule has 0 aliphatic carbocycles. The summed E-state index contributed by atoms with van der Waals surface area (Å²) in [5.74, 6) is 0.348. The highest BCUT2D eigenvalue weighted by atomic mass is 16.5. The number of amides is 1. The zero-order valence-corrected chi connectivity index (χ0v) is 19.6. The van der Waals surface area contributed by atoms with E-state index in [-0.39, 0.29) is 12.1 Å². The standard InChI is InChI=1S/C28H25N5O2/c1-3-35-26-12-11-22(14-20(26)2)27-24(19-33(32-27)25-9-5-4-6-10-25)15-23(16-29)28(34)31-18-21-8-7-13-30-17-21/h4-15,17,19H,3,18H2,1-2H3,(H,31,34)/b23-15-. The molecule has 4 aromatic rings. The van der Waals surface area contributed by atoms with Gasteiger partial charge in [0.2, 0.25) is 0 Å². The largest absolute Gasteiger partial charge is 0.494 e. The van der Waals surface area contributed by atoms with E-state index in [0.29, 0.717) is 17.9 Å². The number of ether oxygens (including phenoxy) is 1. The predicted molar refractivity (Wildman–Crippen MR) is 135 cm³/mol. The fourth-order valence-corrected chi connectivity index (χ4v) is 3.63. The smallest absolute Gasteiger partial charge is 0.262 e. The number of pyridine rings is 1. The summed E-state index contributed by atoms with van der Waals surface area (Å²) < 4.78 is 7.42. The number of aryl methyl sites for hydroxylation is 1. The van der Waals surface area contributed by atoms with E-state index in [1.54, 1.807) is 29.2 Å². The molecule has 174 valence electrons. The van der Waals surface area contributed by atoms with Crippen LogP contribution >= 0.6 is 0 Å². The van der Waals surface area contributed by atoms with Crippen LogP contribution in [0.15, 0.2) is 84.8 Å². The zero-order chi connectivity index (χ0) is 24.6. The SMILES string of the molecule is CCOc1ccc(-c2nn(-c3ccccc3)cc2/C=C(/C#N)C(=O)NCc2cccnc2)cc1C. The van der Waals surface area contributed by atoms with Gasteiger partial charge in [0.1, 0.15) is 23.1 Å². The summed E-state index contributed by atoms with van der Waals surface area (Å²) in [6, 6.07) is 21.2. The monoisotopic (exact) mass is 463 g/mol. The number of nitrogens with one attached hydrogen (secondary N) is 1. The molecule has 0 aliphatic rings. The first-order chi connectivity index (χ1) is 17.1. The van der Waals surface area contributed by atoms with Crippen LogP contribution in [0.1, 0.15) is 23.6 Å². The van der Waals surface area contributed by atoms with Crippen LogP contribution in [0.4, 0.5) is 0 Å². The molecule has 0 radical (unpaired) electrons. The van der Waals surface area contributed by atoms with Crippen molar-refractivity contribution < 1.29 is 9.53 Å². The Morgan fingerprint density at radius 3 is 2.69 bits per heavy atom. The van der Waals surface area contributed by atoms with Crippen LogP contribution in [0.25, 0.3) is 23.0 Å². The Morgan fingerprint density at radius 2 is 2.00 bits per heavy atom. The number of hydrogen-bond acceptors (Lipinski definition) is 5. The average Bonchev–Trinajstić information content (AvgIpc) is 3.32. The van der Waals surface area contributed by atoms with E-state index in [4.69, 9.17) is 9.84 Å². The normalized spacial score (nSPS) is 11.1. The van der Waals surface area contributed by atoms with Crippen molar-refractivity contribution in [3.8, 4) is 28.8 Å². The maximum absolute atomic E-state index is 12.8. The molecule has 0 saturated carbocycles. The highest BCUT2D eigenvalue weighted by Crippen LogP contribution is 2.30. The van der Waals surface area contributed by atoms with E-state index >= 15 is 0 Å². The molecule has 1 amide bonds. The van der Waals surface area contributed by atoms with Crippen molar-refractivity contribution in [1.29, 1.82) is 5.26 Å². The topological polar surface area (TPSA) is 92.8 Å². The lowest BCUT2D eigenvalue weighted by atomic mass is 10.0. The minimum absolute atomic E-state index is 0.00888. The molecular weight excluding hydrogens is 438 g/mol. The summed E-state index contributed by atoms with van der Waals surface area (Å²) in [4.78, 5) is 16.8. The summed E-state index contributed by atoms with van der Waals surface area (Å²) in [5, 5.41) is 17.3. The van der Waals surface area contributed by atoms with Gasteiger partial charge in [0.25, 0.3) is 5.91 Å². The molecular formula is C28H25N5O2. The lowest BCUT2D eigenvalue weighted by molar-refractivity contribution is -0.117. The summed E-state index contributed by atoms with van der Waals surface area (Å²) in [7, 11) is 0. The summed E-state index contributed by atoms with van der Waals surface area (Å²) in [6.07, 6.45) is 6.74. The molecule has 0 aliphatic heterocycles. The van der Waals surface area contributed by atoms with Crippen molar-refractivity contribution in [3.63, 3.8) is 0 Å². The Balaban J connectivity index is 1.71. The third-order valence-corrected chi connectivity index (χ3v) is 5.35. The van der Waals surface area contributed by atoms with Crippen molar-refractivity contribution in [1.82, 2.24) is 20.1 Å². The van der Waals surface area contributed by atoms with Gasteiger partial charge in [-0.05, 0) is 67.4 Å². The highest BCUT2D eigenvalue weighted by molar-refractivity contribution is 6.02. The van der Waals surface area contributed by atoms with Crippen molar-refractivity contribution in [2.24, 2.45) is 0 Å². The molecule has 1 N–H and O–H groups in total. The van der Waals surface area contributed by atoms with Crippen LogP contribution in [-0.2, 0) is 11.3 Å². The van der Waals surface area contributed by atoms with Crippen LogP contribution in [0, 0.1) is 18.3 Å². The van der Waals surface area contributed by atoms with Gasteiger partial charge in [-0.3, -0.25) is 9.78 Å². The second kappa shape index (κ2) is 10.9. The molecule has 0 fully saturated rings. The lowest BCUT2D eigenvalue weighted by Gasteiger charge is -2.09. The van der Waals surface area contributed by atoms with Crippen molar-refractivity contribution in [2.75, 3.05) is 6.61 Å². The Labute approximate surface area is 204 Å². The number of carbonyl (C=O) groups is 1. The molecule has 7 heteroatoms. The molecule has 2 aromatic carbocycles. The van der Waals surface area contributed by atoms with E-state index in [2.05, 4.69) is 10.3 Å². The minimum atomic E-state index is -0.461. The van der Waals surface area contributed by atoms with E-state index in [0.717, 1.165) is 28.1 Å². The average molecular weight is 464 g/mol. The molecule has 2 heterocycles. The number of benzene rings is 2. The Hall–Kier alpha value is -4.70. The van der Waals surface area contributed by atoms with Crippen molar-refractivity contribution >= 4 is 12.0 Å². The maximum Gasteiger partial charge on any atom is 0.262 e. The quantitative estimate of drug-likeness (QED) is 0.297. The van der Waals surface area contributed by atoms with Crippen LogP contribution in [-0.4, -0.2) is 27.3 Å². The predicted octanol–water partition coefficient (Wildman–Crippen LogP) is 4.86. The van der Waals surface area contributed by atoms with Gasteiger partial charge in [0.05, 0.1) is 12.3 Å². The molecule has 7 nitrogen and oxygen atoms in total. The van der Waals surface area contributed by atoms with E-state index < -0.39 is 5.91 Å². The number of nitriles is 1. The molecule has 0 spiro atoms. The molecule has 4 rings (SSSR count). The molecule has 0 unspecified atom stereocenters. The second-order valence-corrected chi connectivity index (χ2v) is 7.84. The first-order valence-electron chi connectivity index (χ1n) is 11.3. The maximum atomic E-state index is 12.8. The van der Waals surface area contributed by atoms with Gasteiger partial charge in [-0.2, -0.15) is 10.4 Å². The lowest BCUT2D eigenvalue weighted by Crippen LogP contribution is -2.24. The Morgan fingerprint density at radius 1 is 1.17 bits per heavy atom. The van der Waals surface area contributed by atoms with Crippen molar-refractivity contribution in [3.05, 3.63) is 102 Å². The highest BCUT2D eigenvalue weighted by Gasteiger charge is 2.16. The van der Waals surface area contributed by atoms with Gasteiger partial charge in [0, 0.05) is 36.3 Å². The Bertz CT molecular complexity index is 1390. The third kappa shape index (κ3) is 5.63. The minimum Gasteiger partial charge on any atom is -0.494 e. The number of carbonyl (C=O) groups excluding carboxylic acids is 1. The second-order valence-electron chi connectivity index (χ2n) is 7.84.